The highest BCUT2D eigenvalue weighted by molar-refractivity contribution is 7.17. The number of thiophene rings is 1. The molecule has 34 heavy (non-hydrogen) atoms. The van der Waals surface area contributed by atoms with E-state index in [2.05, 4.69) is 10.4 Å². The molecule has 0 aliphatic heterocycles. The molecule has 0 unspecified atom stereocenters. The number of alkyl halides is 3. The van der Waals surface area contributed by atoms with Crippen LogP contribution in [0, 0.1) is 0 Å². The van der Waals surface area contributed by atoms with Crippen molar-refractivity contribution in [2.24, 2.45) is 0 Å². The maximum atomic E-state index is 12.9. The molecular weight excluding hydrogens is 471 g/mol. The first-order chi connectivity index (χ1) is 16.3. The van der Waals surface area contributed by atoms with E-state index in [9.17, 15) is 22.8 Å². The van der Waals surface area contributed by atoms with E-state index in [1.807, 2.05) is 0 Å². The first-order valence-corrected chi connectivity index (χ1v) is 11.5. The summed E-state index contributed by atoms with van der Waals surface area (Å²) >= 11 is 1.37. The van der Waals surface area contributed by atoms with E-state index in [0.29, 0.717) is 10.6 Å². The number of hydrogen-bond acceptors (Lipinski definition) is 6. The van der Waals surface area contributed by atoms with Crippen LogP contribution in [0.1, 0.15) is 56.6 Å². The zero-order valence-electron chi connectivity index (χ0n) is 18.3. The normalized spacial score (nSPS) is 13.3. The van der Waals surface area contributed by atoms with Crippen molar-refractivity contribution in [3.8, 4) is 5.75 Å². The first-order valence-electron chi connectivity index (χ1n) is 10.7. The van der Waals surface area contributed by atoms with E-state index in [4.69, 9.17) is 9.47 Å². The highest BCUT2D eigenvalue weighted by Gasteiger charge is 2.31. The van der Waals surface area contributed by atoms with Gasteiger partial charge in [0.1, 0.15) is 10.8 Å². The number of carbonyl (C=O) groups excluding carboxylic acids is 2. The van der Waals surface area contributed by atoms with Crippen molar-refractivity contribution in [1.29, 1.82) is 0 Å². The number of aromatic nitrogens is 2. The van der Waals surface area contributed by atoms with E-state index < -0.39 is 23.6 Å². The van der Waals surface area contributed by atoms with E-state index in [1.165, 1.54) is 40.4 Å². The van der Waals surface area contributed by atoms with Crippen LogP contribution in [0.5, 0.6) is 5.75 Å². The van der Waals surface area contributed by atoms with Gasteiger partial charge >= 0.3 is 12.1 Å². The summed E-state index contributed by atoms with van der Waals surface area (Å²) < 4.78 is 50.4. The summed E-state index contributed by atoms with van der Waals surface area (Å²) in [5.41, 5.74) is 0.600. The van der Waals surface area contributed by atoms with Crippen LogP contribution in [0.15, 0.2) is 36.5 Å². The van der Waals surface area contributed by atoms with Gasteiger partial charge in [-0.25, -0.2) is 9.48 Å². The Morgan fingerprint density at radius 3 is 2.76 bits per heavy atom. The predicted molar refractivity (Wildman–Crippen MR) is 119 cm³/mol. The number of rotatable bonds is 7. The molecule has 0 saturated heterocycles. The molecule has 1 aliphatic rings. The van der Waals surface area contributed by atoms with Crippen molar-refractivity contribution in [2.45, 2.75) is 45.5 Å². The van der Waals surface area contributed by atoms with Crippen LogP contribution < -0.4 is 10.1 Å². The Morgan fingerprint density at radius 2 is 2.00 bits per heavy atom. The summed E-state index contributed by atoms with van der Waals surface area (Å²) in [6, 6.07) is 5.97. The fourth-order valence-electron chi connectivity index (χ4n) is 3.70. The van der Waals surface area contributed by atoms with Crippen molar-refractivity contribution in [2.75, 3.05) is 11.9 Å². The Hall–Kier alpha value is -3.34. The Kier molecular flexibility index (Phi) is 6.92. The van der Waals surface area contributed by atoms with E-state index >= 15 is 0 Å². The molecule has 1 aromatic carbocycles. The molecule has 0 spiro atoms. The molecule has 2 heterocycles. The Morgan fingerprint density at radius 1 is 1.21 bits per heavy atom. The van der Waals surface area contributed by atoms with Gasteiger partial charge in [0.05, 0.1) is 17.7 Å². The van der Waals surface area contributed by atoms with Crippen LogP contribution in [-0.2, 0) is 30.5 Å². The zero-order valence-corrected chi connectivity index (χ0v) is 19.1. The van der Waals surface area contributed by atoms with E-state index in [1.54, 1.807) is 6.92 Å². The number of anilines is 1. The molecule has 0 atom stereocenters. The lowest BCUT2D eigenvalue weighted by atomic mass is 9.95. The molecule has 0 saturated carbocycles. The van der Waals surface area contributed by atoms with Crippen molar-refractivity contribution < 1.29 is 32.2 Å². The standard InChI is InChI=1S/C23H22F3N3O4S/c1-2-32-22(31)19-16-8-3-4-9-18(16)34-21(19)27-20(30)17-10-11-29(28-17)13-33-15-7-5-6-14(12-15)23(24,25)26/h5-7,10-12H,2-4,8-9,13H2,1H3,(H,27,30). The molecular formula is C23H22F3N3O4S. The van der Waals surface area contributed by atoms with Gasteiger partial charge in [0.25, 0.3) is 5.91 Å². The third-order valence-corrected chi connectivity index (χ3v) is 6.48. The number of ether oxygens (including phenoxy) is 2. The summed E-state index contributed by atoms with van der Waals surface area (Å²) in [4.78, 5) is 26.4. The van der Waals surface area contributed by atoms with Crippen LogP contribution >= 0.6 is 11.3 Å². The smallest absolute Gasteiger partial charge is 0.416 e. The monoisotopic (exact) mass is 493 g/mol. The zero-order chi connectivity index (χ0) is 24.3. The summed E-state index contributed by atoms with van der Waals surface area (Å²) in [6.45, 7) is 1.77. The van der Waals surface area contributed by atoms with Crippen molar-refractivity contribution >= 4 is 28.2 Å². The SMILES string of the molecule is CCOC(=O)c1c(NC(=O)c2ccn(COc3cccc(C(F)(F)F)c3)n2)sc2c1CCCC2. The van der Waals surface area contributed by atoms with Crippen molar-refractivity contribution in [3.63, 3.8) is 0 Å². The van der Waals surface area contributed by atoms with Gasteiger partial charge in [0.15, 0.2) is 12.4 Å². The average Bonchev–Trinajstić information content (AvgIpc) is 3.42. The number of fused-ring (bicyclic) bond motifs is 1. The fraction of sp³-hybridized carbons (Fsp3) is 0.348. The summed E-state index contributed by atoms with van der Waals surface area (Å²) in [6.07, 6.45) is 0.619. The first kappa shape index (κ1) is 23.8. The quantitative estimate of drug-likeness (QED) is 0.451. The molecule has 3 aromatic rings. The molecule has 2 aromatic heterocycles. The lowest BCUT2D eigenvalue weighted by molar-refractivity contribution is -0.137. The molecule has 7 nitrogen and oxygen atoms in total. The number of nitrogens with zero attached hydrogens (tertiary/aromatic N) is 2. The molecule has 11 heteroatoms. The summed E-state index contributed by atoms with van der Waals surface area (Å²) in [5, 5.41) is 7.34. The summed E-state index contributed by atoms with van der Waals surface area (Å²) in [7, 11) is 0. The van der Waals surface area contributed by atoms with E-state index in [-0.39, 0.29) is 24.8 Å². The third kappa shape index (κ3) is 5.24. The lowest BCUT2D eigenvalue weighted by Gasteiger charge is -2.12. The highest BCUT2D eigenvalue weighted by Crippen LogP contribution is 2.38. The van der Waals surface area contributed by atoms with Gasteiger partial charge in [-0.05, 0) is 62.4 Å². The number of amides is 1. The van der Waals surface area contributed by atoms with Gasteiger partial charge < -0.3 is 14.8 Å². The number of carbonyl (C=O) groups is 2. The van der Waals surface area contributed by atoms with Crippen LogP contribution in [0.4, 0.5) is 18.2 Å². The number of nitrogens with one attached hydrogen (secondary N) is 1. The maximum absolute atomic E-state index is 12.9. The molecule has 0 fully saturated rings. The average molecular weight is 494 g/mol. The number of benzene rings is 1. The largest absolute Gasteiger partial charge is 0.471 e. The second-order valence-corrected chi connectivity index (χ2v) is 8.73. The van der Waals surface area contributed by atoms with Crippen molar-refractivity contribution in [1.82, 2.24) is 9.78 Å². The minimum atomic E-state index is -4.47. The van der Waals surface area contributed by atoms with Crippen molar-refractivity contribution in [3.05, 3.63) is 63.8 Å². The number of esters is 1. The van der Waals surface area contributed by atoms with Gasteiger partial charge in [0.2, 0.25) is 0 Å². The Labute approximate surface area is 197 Å². The maximum Gasteiger partial charge on any atom is 0.416 e. The topological polar surface area (TPSA) is 82.5 Å². The van der Waals surface area contributed by atoms with Gasteiger partial charge in [-0.15, -0.1) is 11.3 Å². The third-order valence-electron chi connectivity index (χ3n) is 5.28. The minimum absolute atomic E-state index is 0.0274. The predicted octanol–water partition coefficient (Wildman–Crippen LogP) is 5.31. The van der Waals surface area contributed by atoms with Gasteiger partial charge in [0, 0.05) is 11.1 Å². The van der Waals surface area contributed by atoms with Crippen LogP contribution in [0.25, 0.3) is 0 Å². The summed E-state index contributed by atoms with van der Waals surface area (Å²) in [5.74, 6) is -0.946. The van der Waals surface area contributed by atoms with Crippen LogP contribution in [0.2, 0.25) is 0 Å². The molecule has 1 N–H and O–H groups in total. The van der Waals surface area contributed by atoms with Gasteiger partial charge in [-0.3, -0.25) is 4.79 Å². The molecule has 180 valence electrons. The van der Waals surface area contributed by atoms with Crippen LogP contribution in [0.3, 0.4) is 0 Å². The van der Waals surface area contributed by atoms with Gasteiger partial charge in [-0.2, -0.15) is 18.3 Å². The minimum Gasteiger partial charge on any atom is -0.471 e. The Bertz CT molecular complexity index is 1200. The van der Waals surface area contributed by atoms with Gasteiger partial charge in [-0.1, -0.05) is 6.07 Å². The second kappa shape index (κ2) is 9.88. The second-order valence-electron chi connectivity index (χ2n) is 7.63. The molecule has 4 rings (SSSR count). The molecule has 0 bridgehead atoms. The highest BCUT2D eigenvalue weighted by atomic mass is 32.1. The molecule has 0 radical (unpaired) electrons. The molecule has 1 amide bonds. The number of aryl methyl sites for hydroxylation is 1. The number of hydrogen-bond donors (Lipinski definition) is 1. The lowest BCUT2D eigenvalue weighted by Crippen LogP contribution is -2.17. The van der Waals surface area contributed by atoms with E-state index in [0.717, 1.165) is 48.3 Å². The fourth-order valence-corrected chi connectivity index (χ4v) is 4.97. The number of halogens is 3. The Balaban J connectivity index is 1.45. The van der Waals surface area contributed by atoms with Crippen LogP contribution in [-0.4, -0.2) is 28.3 Å². The molecule has 1 aliphatic carbocycles.